The first-order valence-electron chi connectivity index (χ1n) is 8.71. The summed E-state index contributed by atoms with van der Waals surface area (Å²) in [5, 5.41) is 13.2. The second-order valence-electron chi connectivity index (χ2n) is 6.35. The van der Waals surface area contributed by atoms with Crippen molar-refractivity contribution in [2.45, 2.75) is 4.90 Å². The van der Waals surface area contributed by atoms with E-state index in [0.29, 0.717) is 0 Å². The SMILES string of the molecule is COC1=C(C(=O)Nc2ncc(-c3ccc([N+](=O)[O-])o3)[nH]2)N(C)S(=O)(=O)c2ccccc21. The first kappa shape index (κ1) is 20.2. The number of nitro groups is 1. The van der Waals surface area contributed by atoms with Crippen LogP contribution in [0.3, 0.4) is 0 Å². The van der Waals surface area contributed by atoms with E-state index in [0.717, 1.165) is 4.31 Å². The maximum absolute atomic E-state index is 13.0. The van der Waals surface area contributed by atoms with Gasteiger partial charge in [-0.05, 0) is 18.2 Å². The Morgan fingerprint density at radius 2 is 2.03 bits per heavy atom. The summed E-state index contributed by atoms with van der Waals surface area (Å²) in [7, 11) is -1.39. The highest BCUT2D eigenvalue weighted by atomic mass is 32.2. The number of nitrogens with zero attached hydrogens (tertiary/aromatic N) is 3. The van der Waals surface area contributed by atoms with E-state index in [1.807, 2.05) is 0 Å². The van der Waals surface area contributed by atoms with Crippen molar-refractivity contribution in [3.8, 4) is 11.5 Å². The van der Waals surface area contributed by atoms with Crippen LogP contribution >= 0.6 is 0 Å². The van der Waals surface area contributed by atoms with Crippen LogP contribution in [0.15, 0.2) is 57.6 Å². The molecule has 1 aliphatic heterocycles. The Kier molecular flexibility index (Phi) is 4.74. The van der Waals surface area contributed by atoms with Crippen molar-refractivity contribution in [1.82, 2.24) is 14.3 Å². The summed E-state index contributed by atoms with van der Waals surface area (Å²) in [5.41, 5.74) is 0.309. The summed E-state index contributed by atoms with van der Waals surface area (Å²) in [6, 6.07) is 8.74. The summed E-state index contributed by atoms with van der Waals surface area (Å²) < 4.78 is 37.0. The molecule has 4 rings (SSSR count). The summed E-state index contributed by atoms with van der Waals surface area (Å²) in [5.74, 6) is -1.03. The monoisotopic (exact) mass is 445 g/mol. The second kappa shape index (κ2) is 7.28. The van der Waals surface area contributed by atoms with Crippen LogP contribution in [0, 0.1) is 10.1 Å². The van der Waals surface area contributed by atoms with E-state index in [-0.39, 0.29) is 39.3 Å². The Balaban J connectivity index is 1.67. The molecule has 3 aromatic rings. The van der Waals surface area contributed by atoms with Gasteiger partial charge in [0, 0.05) is 12.6 Å². The Morgan fingerprint density at radius 3 is 2.71 bits per heavy atom. The molecule has 13 heteroatoms. The molecule has 0 aliphatic carbocycles. The number of nitrogens with one attached hydrogen (secondary N) is 2. The van der Waals surface area contributed by atoms with Crippen LogP contribution in [0.25, 0.3) is 17.2 Å². The lowest BCUT2D eigenvalue weighted by Gasteiger charge is -2.29. The minimum Gasteiger partial charge on any atom is -0.494 e. The first-order chi connectivity index (χ1) is 14.7. The van der Waals surface area contributed by atoms with Gasteiger partial charge < -0.3 is 14.1 Å². The maximum atomic E-state index is 13.0. The predicted octanol–water partition coefficient (Wildman–Crippen LogP) is 2.17. The third-order valence-electron chi connectivity index (χ3n) is 4.56. The molecule has 0 radical (unpaired) electrons. The smallest absolute Gasteiger partial charge is 0.433 e. The minimum atomic E-state index is -3.97. The van der Waals surface area contributed by atoms with E-state index in [1.54, 1.807) is 18.2 Å². The van der Waals surface area contributed by atoms with E-state index >= 15 is 0 Å². The molecule has 0 saturated heterocycles. The van der Waals surface area contributed by atoms with Crippen molar-refractivity contribution in [3.63, 3.8) is 0 Å². The Hall–Kier alpha value is -4.13. The molecule has 1 aromatic carbocycles. The van der Waals surface area contributed by atoms with Gasteiger partial charge in [-0.25, -0.2) is 13.4 Å². The van der Waals surface area contributed by atoms with Gasteiger partial charge in [-0.3, -0.25) is 24.5 Å². The number of likely N-dealkylation sites (N-methyl/N-ethyl adjacent to an activating group) is 1. The zero-order valence-corrected chi connectivity index (χ0v) is 17.0. The molecule has 0 atom stereocenters. The van der Waals surface area contributed by atoms with Gasteiger partial charge in [0.05, 0.1) is 24.3 Å². The van der Waals surface area contributed by atoms with Crippen molar-refractivity contribution in [2.75, 3.05) is 19.5 Å². The lowest BCUT2D eigenvalue weighted by molar-refractivity contribution is -0.401. The number of aromatic nitrogens is 2. The molecule has 0 spiro atoms. The standard InChI is InChI=1S/C18H15N5O7S/c1-22-15(16(29-2)10-5-3-4-6-13(10)31(22,27)28)17(24)21-18-19-9-11(20-18)12-7-8-14(30-12)23(25)26/h3-9H,1-2H3,(H2,19,20,21,24). The number of sulfonamides is 1. The molecule has 2 N–H and O–H groups in total. The summed E-state index contributed by atoms with van der Waals surface area (Å²) >= 11 is 0. The number of carbonyl (C=O) groups excluding carboxylic acids is 1. The fourth-order valence-corrected chi connectivity index (χ4v) is 4.51. The number of furan rings is 1. The van der Waals surface area contributed by atoms with E-state index in [2.05, 4.69) is 15.3 Å². The number of aromatic amines is 1. The minimum absolute atomic E-state index is 0.0191. The number of ether oxygens (including phenoxy) is 1. The number of benzene rings is 1. The fourth-order valence-electron chi connectivity index (χ4n) is 3.12. The van der Waals surface area contributed by atoms with Gasteiger partial charge in [0.1, 0.15) is 10.6 Å². The highest BCUT2D eigenvalue weighted by molar-refractivity contribution is 7.89. The van der Waals surface area contributed by atoms with Crippen molar-refractivity contribution >= 4 is 33.5 Å². The van der Waals surface area contributed by atoms with E-state index in [4.69, 9.17) is 9.15 Å². The highest BCUT2D eigenvalue weighted by Crippen LogP contribution is 2.36. The zero-order valence-electron chi connectivity index (χ0n) is 16.1. The summed E-state index contributed by atoms with van der Waals surface area (Å²) in [6.45, 7) is 0. The number of hydrogen-bond donors (Lipinski definition) is 2. The third kappa shape index (κ3) is 3.30. The maximum Gasteiger partial charge on any atom is 0.433 e. The van der Waals surface area contributed by atoms with Crippen molar-refractivity contribution < 1.29 is 27.3 Å². The lowest BCUT2D eigenvalue weighted by Crippen LogP contribution is -2.37. The number of amides is 1. The molecule has 3 heterocycles. The number of rotatable bonds is 5. The van der Waals surface area contributed by atoms with E-state index in [9.17, 15) is 23.3 Å². The normalized spacial score (nSPS) is 14.8. The van der Waals surface area contributed by atoms with Gasteiger partial charge in [-0.1, -0.05) is 12.1 Å². The molecule has 0 fully saturated rings. The number of methoxy groups -OCH3 is 1. The molecular weight excluding hydrogens is 430 g/mol. The van der Waals surface area contributed by atoms with Crippen LogP contribution in [0.4, 0.5) is 11.8 Å². The van der Waals surface area contributed by atoms with E-state index in [1.165, 1.54) is 38.6 Å². The number of anilines is 1. The third-order valence-corrected chi connectivity index (χ3v) is 6.38. The molecule has 31 heavy (non-hydrogen) atoms. The molecule has 160 valence electrons. The molecule has 12 nitrogen and oxygen atoms in total. The number of hydrogen-bond acceptors (Lipinski definition) is 8. The predicted molar refractivity (Wildman–Crippen MR) is 107 cm³/mol. The van der Waals surface area contributed by atoms with Crippen LogP contribution in [-0.2, 0) is 19.6 Å². The zero-order chi connectivity index (χ0) is 22.3. The lowest BCUT2D eigenvalue weighted by atomic mass is 10.1. The van der Waals surface area contributed by atoms with Gasteiger partial charge in [0.25, 0.3) is 15.9 Å². The van der Waals surface area contributed by atoms with Gasteiger partial charge in [-0.15, -0.1) is 0 Å². The number of imidazole rings is 1. The van der Waals surface area contributed by atoms with Crippen molar-refractivity contribution in [3.05, 3.63) is 64.0 Å². The first-order valence-corrected chi connectivity index (χ1v) is 10.2. The average Bonchev–Trinajstić information content (AvgIpc) is 3.40. The fraction of sp³-hybridized carbons (Fsp3) is 0.111. The van der Waals surface area contributed by atoms with Gasteiger partial charge in [0.15, 0.2) is 17.2 Å². The molecule has 0 bridgehead atoms. The highest BCUT2D eigenvalue weighted by Gasteiger charge is 2.38. The Bertz CT molecular complexity index is 1340. The van der Waals surface area contributed by atoms with Crippen LogP contribution < -0.4 is 5.32 Å². The Morgan fingerprint density at radius 1 is 1.29 bits per heavy atom. The van der Waals surface area contributed by atoms with Crippen molar-refractivity contribution in [2.24, 2.45) is 0 Å². The molecule has 0 saturated carbocycles. The molecule has 2 aromatic heterocycles. The topological polar surface area (TPSA) is 161 Å². The van der Waals surface area contributed by atoms with Crippen LogP contribution in [-0.4, -0.2) is 47.7 Å². The van der Waals surface area contributed by atoms with Gasteiger partial charge in [-0.2, -0.15) is 0 Å². The Labute approximate surface area is 175 Å². The number of carbonyl (C=O) groups is 1. The van der Waals surface area contributed by atoms with Crippen LogP contribution in [0.5, 0.6) is 0 Å². The molecule has 1 aliphatic rings. The molecular formula is C18H15N5O7S. The molecule has 0 unspecified atom stereocenters. The second-order valence-corrected chi connectivity index (χ2v) is 8.28. The quantitative estimate of drug-likeness (QED) is 0.446. The van der Waals surface area contributed by atoms with Gasteiger partial charge >= 0.3 is 5.88 Å². The number of H-pyrrole nitrogens is 1. The largest absolute Gasteiger partial charge is 0.494 e. The average molecular weight is 445 g/mol. The molecule has 1 amide bonds. The van der Waals surface area contributed by atoms with E-state index < -0.39 is 26.7 Å². The summed E-state index contributed by atoms with van der Waals surface area (Å²) in [4.78, 5) is 29.8. The van der Waals surface area contributed by atoms with Gasteiger partial charge in [0.2, 0.25) is 5.95 Å². The summed E-state index contributed by atoms with van der Waals surface area (Å²) in [6.07, 6.45) is 1.31. The van der Waals surface area contributed by atoms with Crippen LogP contribution in [0.1, 0.15) is 5.56 Å². The van der Waals surface area contributed by atoms with Crippen molar-refractivity contribution in [1.29, 1.82) is 0 Å². The number of fused-ring (bicyclic) bond motifs is 1. The van der Waals surface area contributed by atoms with Crippen LogP contribution in [0.2, 0.25) is 0 Å².